The summed E-state index contributed by atoms with van der Waals surface area (Å²) in [5.74, 6) is -1.32. The zero-order valence-electron chi connectivity index (χ0n) is 18.7. The molecule has 1 aromatic heterocycles. The highest BCUT2D eigenvalue weighted by molar-refractivity contribution is 9.10. The molecule has 2 aromatic carbocycles. The van der Waals surface area contributed by atoms with Gasteiger partial charge in [0.05, 0.1) is 19.9 Å². The van der Waals surface area contributed by atoms with Gasteiger partial charge < -0.3 is 19.3 Å². The number of anilines is 1. The number of para-hydroxylation sites is 1. The van der Waals surface area contributed by atoms with Crippen LogP contribution < -0.4 is 4.90 Å². The highest BCUT2D eigenvalue weighted by atomic mass is 79.9. The molecule has 0 spiro atoms. The Balaban J connectivity index is 1.98. The Kier molecular flexibility index (Phi) is 6.80. The molecule has 1 saturated heterocycles. The predicted molar refractivity (Wildman–Crippen MR) is 129 cm³/mol. The summed E-state index contributed by atoms with van der Waals surface area (Å²) < 4.78 is 12.5. The smallest absolute Gasteiger partial charge is 0.357 e. The second-order valence-electron chi connectivity index (χ2n) is 7.75. The maximum absolute atomic E-state index is 13.0. The van der Waals surface area contributed by atoms with E-state index in [4.69, 9.17) is 14.6 Å². The zero-order chi connectivity index (χ0) is 23.5. The third-order valence-electron chi connectivity index (χ3n) is 5.71. The molecule has 0 atom stereocenters. The fraction of sp³-hybridized carbons (Fsp3) is 0.292. The average molecular weight is 513 g/mol. The van der Waals surface area contributed by atoms with E-state index in [-0.39, 0.29) is 11.3 Å². The summed E-state index contributed by atoms with van der Waals surface area (Å²) in [7, 11) is 4.66. The Bertz CT molecular complexity index is 1170. The molecule has 33 heavy (non-hydrogen) atoms. The maximum Gasteiger partial charge on any atom is 0.357 e. The third kappa shape index (κ3) is 4.51. The lowest BCUT2D eigenvalue weighted by Crippen LogP contribution is -2.44. The molecule has 3 aromatic rings. The Labute approximate surface area is 200 Å². The number of carbonyl (C=O) groups is 2. The largest absolute Gasteiger partial charge is 0.465 e. The van der Waals surface area contributed by atoms with Crippen LogP contribution in [0.4, 0.5) is 5.69 Å². The first kappa shape index (κ1) is 23.0. The molecule has 0 amide bonds. The number of halogens is 1. The molecule has 0 radical (unpaired) electrons. The van der Waals surface area contributed by atoms with Crippen LogP contribution in [0.15, 0.2) is 53.0 Å². The normalized spacial score (nSPS) is 14.2. The van der Waals surface area contributed by atoms with Crippen LogP contribution in [-0.4, -0.2) is 74.1 Å². The SMILES string of the molecule is COC(=O)c1c(-c2ccc(Br)cc2N2CCN(C)CC2)nn(-c2ccccc2)c1C(=O)OC. The number of hydrogen-bond donors (Lipinski definition) is 0. The van der Waals surface area contributed by atoms with Gasteiger partial charge in [-0.25, -0.2) is 14.3 Å². The van der Waals surface area contributed by atoms with E-state index in [1.807, 2.05) is 48.5 Å². The van der Waals surface area contributed by atoms with Crippen molar-refractivity contribution < 1.29 is 19.1 Å². The molecule has 4 rings (SSSR count). The molecule has 1 aliphatic rings. The Morgan fingerprint density at radius 3 is 2.24 bits per heavy atom. The molecule has 0 bridgehead atoms. The lowest BCUT2D eigenvalue weighted by molar-refractivity contribution is 0.0549. The topological polar surface area (TPSA) is 76.9 Å². The van der Waals surface area contributed by atoms with Crippen LogP contribution in [0.25, 0.3) is 16.9 Å². The lowest BCUT2D eigenvalue weighted by atomic mass is 10.0. The number of benzene rings is 2. The molecule has 2 heterocycles. The van der Waals surface area contributed by atoms with Crippen LogP contribution in [0, 0.1) is 0 Å². The van der Waals surface area contributed by atoms with E-state index in [1.165, 1.54) is 18.9 Å². The quantitative estimate of drug-likeness (QED) is 0.483. The third-order valence-corrected chi connectivity index (χ3v) is 6.21. The molecule has 172 valence electrons. The number of rotatable bonds is 5. The van der Waals surface area contributed by atoms with Crippen molar-refractivity contribution in [2.75, 3.05) is 52.3 Å². The van der Waals surface area contributed by atoms with Gasteiger partial charge in [-0.05, 0) is 37.4 Å². The van der Waals surface area contributed by atoms with Crippen LogP contribution in [-0.2, 0) is 9.47 Å². The number of methoxy groups -OCH3 is 2. The number of esters is 2. The predicted octanol–water partition coefficient (Wildman–Crippen LogP) is 3.63. The number of aromatic nitrogens is 2. The summed E-state index contributed by atoms with van der Waals surface area (Å²) in [6, 6.07) is 15.0. The van der Waals surface area contributed by atoms with Crippen molar-refractivity contribution in [3.8, 4) is 16.9 Å². The molecule has 0 unspecified atom stereocenters. The first-order chi connectivity index (χ1) is 15.9. The van der Waals surface area contributed by atoms with Gasteiger partial charge in [-0.15, -0.1) is 0 Å². The van der Waals surface area contributed by atoms with Crippen molar-refractivity contribution >= 4 is 33.6 Å². The van der Waals surface area contributed by atoms with E-state index in [1.54, 1.807) is 0 Å². The Morgan fingerprint density at radius 1 is 0.939 bits per heavy atom. The molecular formula is C24H25BrN4O4. The second-order valence-corrected chi connectivity index (χ2v) is 8.67. The zero-order valence-corrected chi connectivity index (χ0v) is 20.3. The fourth-order valence-corrected chi connectivity index (χ4v) is 4.31. The van der Waals surface area contributed by atoms with Gasteiger partial charge in [0, 0.05) is 41.9 Å². The minimum atomic E-state index is -0.670. The second kappa shape index (κ2) is 9.76. The van der Waals surface area contributed by atoms with Crippen molar-refractivity contribution in [3.05, 3.63) is 64.3 Å². The molecule has 8 nitrogen and oxygen atoms in total. The van der Waals surface area contributed by atoms with Crippen LogP contribution in [0.2, 0.25) is 0 Å². The number of likely N-dealkylation sites (N-methyl/N-ethyl adjacent to an activating group) is 1. The van der Waals surface area contributed by atoms with Crippen molar-refractivity contribution in [3.63, 3.8) is 0 Å². The maximum atomic E-state index is 13.0. The minimum Gasteiger partial charge on any atom is -0.465 e. The number of ether oxygens (including phenoxy) is 2. The van der Waals surface area contributed by atoms with Crippen molar-refractivity contribution in [2.24, 2.45) is 0 Å². The summed E-state index contributed by atoms with van der Waals surface area (Å²) >= 11 is 3.57. The van der Waals surface area contributed by atoms with Gasteiger partial charge >= 0.3 is 11.9 Å². The van der Waals surface area contributed by atoms with Crippen LogP contribution >= 0.6 is 15.9 Å². The van der Waals surface area contributed by atoms with Gasteiger partial charge in [0.1, 0.15) is 11.3 Å². The molecule has 0 aliphatic carbocycles. The summed E-state index contributed by atoms with van der Waals surface area (Å²) in [6.45, 7) is 3.50. The summed E-state index contributed by atoms with van der Waals surface area (Å²) in [5, 5.41) is 4.75. The van der Waals surface area contributed by atoms with Gasteiger partial charge in [-0.3, -0.25) is 0 Å². The summed E-state index contributed by atoms with van der Waals surface area (Å²) in [6.07, 6.45) is 0. The number of nitrogens with zero attached hydrogens (tertiary/aromatic N) is 4. The standard InChI is InChI=1S/C24H25BrN4O4/c1-27-11-13-28(14-12-27)19-15-16(25)9-10-18(19)21-20(23(30)32-2)22(24(31)33-3)29(26-21)17-7-5-4-6-8-17/h4-10,15H,11-14H2,1-3H3. The van der Waals surface area contributed by atoms with Crippen LogP contribution in [0.3, 0.4) is 0 Å². The number of hydrogen-bond acceptors (Lipinski definition) is 7. The molecule has 1 fully saturated rings. The van der Waals surface area contributed by atoms with E-state index in [9.17, 15) is 9.59 Å². The molecule has 9 heteroatoms. The number of piperazine rings is 1. The minimum absolute atomic E-state index is 0.0257. The molecular weight excluding hydrogens is 488 g/mol. The van der Waals surface area contributed by atoms with Crippen molar-refractivity contribution in [1.29, 1.82) is 0 Å². The van der Waals surface area contributed by atoms with E-state index in [2.05, 4.69) is 32.8 Å². The van der Waals surface area contributed by atoms with Gasteiger partial charge in [-0.1, -0.05) is 34.1 Å². The lowest BCUT2D eigenvalue weighted by Gasteiger charge is -2.35. The van der Waals surface area contributed by atoms with Crippen molar-refractivity contribution in [2.45, 2.75) is 0 Å². The first-order valence-electron chi connectivity index (χ1n) is 10.5. The Hall–Kier alpha value is -3.17. The van der Waals surface area contributed by atoms with Gasteiger partial charge in [0.2, 0.25) is 0 Å². The molecule has 1 aliphatic heterocycles. The molecule has 0 N–H and O–H groups in total. The summed E-state index contributed by atoms with van der Waals surface area (Å²) in [4.78, 5) is 30.4. The van der Waals surface area contributed by atoms with E-state index < -0.39 is 11.9 Å². The first-order valence-corrected chi connectivity index (χ1v) is 11.3. The van der Waals surface area contributed by atoms with Gasteiger partial charge in [0.15, 0.2) is 5.69 Å². The highest BCUT2D eigenvalue weighted by Crippen LogP contribution is 2.37. The molecule has 0 saturated carbocycles. The van der Waals surface area contributed by atoms with Gasteiger partial charge in [0.25, 0.3) is 0 Å². The van der Waals surface area contributed by atoms with E-state index in [0.717, 1.165) is 41.9 Å². The van der Waals surface area contributed by atoms with Crippen LogP contribution in [0.1, 0.15) is 20.8 Å². The van der Waals surface area contributed by atoms with E-state index in [0.29, 0.717) is 11.4 Å². The van der Waals surface area contributed by atoms with E-state index >= 15 is 0 Å². The highest BCUT2D eigenvalue weighted by Gasteiger charge is 2.33. The van der Waals surface area contributed by atoms with Crippen LogP contribution in [0.5, 0.6) is 0 Å². The monoisotopic (exact) mass is 512 g/mol. The average Bonchev–Trinajstić information content (AvgIpc) is 3.24. The fourth-order valence-electron chi connectivity index (χ4n) is 3.96. The van der Waals surface area contributed by atoms with Gasteiger partial charge in [-0.2, -0.15) is 5.10 Å². The number of carbonyl (C=O) groups excluding carboxylic acids is 2. The summed E-state index contributed by atoms with van der Waals surface area (Å²) in [5.41, 5.74) is 2.77. The Morgan fingerprint density at radius 2 is 1.61 bits per heavy atom. The van der Waals surface area contributed by atoms with Crippen molar-refractivity contribution in [1.82, 2.24) is 14.7 Å².